The molecular weight excluding hydrogens is 257 g/mol. The fraction of sp³-hybridized carbons (Fsp3) is 0.538. The van der Waals surface area contributed by atoms with E-state index in [-0.39, 0.29) is 11.7 Å². The summed E-state index contributed by atoms with van der Waals surface area (Å²) in [6, 6.07) is 4.20. The number of anilines is 2. The van der Waals surface area contributed by atoms with E-state index in [0.717, 1.165) is 12.5 Å². The maximum absolute atomic E-state index is 12.9. The van der Waals surface area contributed by atoms with Crippen LogP contribution in [0, 0.1) is 0 Å². The summed E-state index contributed by atoms with van der Waals surface area (Å²) in [4.78, 5) is 1.96. The molecule has 1 atom stereocenters. The number of alkyl halides is 3. The smallest absolute Gasteiger partial charge is 0.398 e. The van der Waals surface area contributed by atoms with Crippen molar-refractivity contribution in [2.45, 2.75) is 25.6 Å². The van der Waals surface area contributed by atoms with Crippen LogP contribution in [-0.2, 0) is 10.9 Å². The molecule has 1 aromatic carbocycles. The number of hydrogen-bond donors (Lipinski definition) is 1. The Morgan fingerprint density at radius 1 is 1.42 bits per heavy atom. The van der Waals surface area contributed by atoms with Gasteiger partial charge in [-0.1, -0.05) is 6.92 Å². The number of nitrogens with two attached hydrogens (primary N) is 1. The molecule has 19 heavy (non-hydrogen) atoms. The third-order valence-corrected chi connectivity index (χ3v) is 3.37. The first kappa shape index (κ1) is 14.0. The zero-order valence-electron chi connectivity index (χ0n) is 10.7. The van der Waals surface area contributed by atoms with Crippen molar-refractivity contribution in [2.75, 3.05) is 30.4 Å². The van der Waals surface area contributed by atoms with E-state index < -0.39 is 11.7 Å². The van der Waals surface area contributed by atoms with Gasteiger partial charge in [-0.15, -0.1) is 0 Å². The molecule has 0 amide bonds. The van der Waals surface area contributed by atoms with E-state index in [1.165, 1.54) is 6.07 Å². The number of rotatable bonds is 2. The predicted molar refractivity (Wildman–Crippen MR) is 68.1 cm³/mol. The predicted octanol–water partition coefficient (Wildman–Crippen LogP) is 2.90. The van der Waals surface area contributed by atoms with Gasteiger partial charge < -0.3 is 15.4 Å². The molecule has 0 aliphatic carbocycles. The average molecular weight is 274 g/mol. The zero-order valence-corrected chi connectivity index (χ0v) is 10.7. The van der Waals surface area contributed by atoms with E-state index in [9.17, 15) is 13.2 Å². The Labute approximate surface area is 110 Å². The quantitative estimate of drug-likeness (QED) is 0.843. The van der Waals surface area contributed by atoms with Crippen LogP contribution in [0.25, 0.3) is 0 Å². The highest BCUT2D eigenvalue weighted by Gasteiger charge is 2.34. The van der Waals surface area contributed by atoms with E-state index >= 15 is 0 Å². The van der Waals surface area contributed by atoms with E-state index in [2.05, 4.69) is 0 Å². The summed E-state index contributed by atoms with van der Waals surface area (Å²) in [5.74, 6) is 0. The Bertz CT molecular complexity index is 448. The van der Waals surface area contributed by atoms with Crippen LogP contribution in [0.2, 0.25) is 0 Å². The van der Waals surface area contributed by atoms with Crippen LogP contribution in [0.1, 0.15) is 18.9 Å². The molecule has 106 valence electrons. The van der Waals surface area contributed by atoms with Crippen LogP contribution < -0.4 is 10.6 Å². The summed E-state index contributed by atoms with van der Waals surface area (Å²) < 4.78 is 43.9. The molecule has 0 spiro atoms. The molecule has 1 fully saturated rings. The van der Waals surface area contributed by atoms with Gasteiger partial charge in [-0.2, -0.15) is 13.2 Å². The summed E-state index contributed by atoms with van der Waals surface area (Å²) in [5, 5.41) is 0. The Morgan fingerprint density at radius 3 is 2.79 bits per heavy atom. The van der Waals surface area contributed by atoms with Crippen LogP contribution in [0.15, 0.2) is 18.2 Å². The summed E-state index contributed by atoms with van der Waals surface area (Å²) in [7, 11) is 0. The Morgan fingerprint density at radius 2 is 2.16 bits per heavy atom. The molecule has 2 N–H and O–H groups in total. The zero-order chi connectivity index (χ0) is 14.0. The van der Waals surface area contributed by atoms with Crippen LogP contribution in [0.5, 0.6) is 0 Å². The van der Waals surface area contributed by atoms with Crippen molar-refractivity contribution >= 4 is 11.4 Å². The lowest BCUT2D eigenvalue weighted by molar-refractivity contribution is -0.136. The van der Waals surface area contributed by atoms with Crippen LogP contribution in [0.4, 0.5) is 24.5 Å². The molecule has 1 unspecified atom stereocenters. The maximum atomic E-state index is 12.9. The minimum atomic E-state index is -4.42. The highest BCUT2D eigenvalue weighted by atomic mass is 19.4. The molecule has 6 heteroatoms. The van der Waals surface area contributed by atoms with Crippen LogP contribution in [0.3, 0.4) is 0 Å². The van der Waals surface area contributed by atoms with Crippen LogP contribution in [-0.4, -0.2) is 25.8 Å². The lowest BCUT2D eigenvalue weighted by Gasteiger charge is -2.37. The van der Waals surface area contributed by atoms with Gasteiger partial charge in [-0.05, 0) is 24.6 Å². The monoisotopic (exact) mass is 274 g/mol. The van der Waals surface area contributed by atoms with E-state index in [1.807, 2.05) is 11.8 Å². The standard InChI is InChI=1S/C13H17F3N2O/c1-2-9-8-19-6-5-18(9)10-3-4-12(17)11(7-10)13(14,15)16/h3-4,7,9H,2,5-6,8,17H2,1H3. The lowest BCUT2D eigenvalue weighted by atomic mass is 10.1. The van der Waals surface area contributed by atoms with E-state index in [1.54, 1.807) is 6.07 Å². The third-order valence-electron chi connectivity index (χ3n) is 3.37. The number of ether oxygens (including phenoxy) is 1. The van der Waals surface area contributed by atoms with Crippen molar-refractivity contribution in [3.05, 3.63) is 23.8 Å². The van der Waals surface area contributed by atoms with E-state index in [0.29, 0.717) is 25.4 Å². The maximum Gasteiger partial charge on any atom is 0.418 e. The minimum absolute atomic E-state index is 0.110. The molecule has 0 aromatic heterocycles. The van der Waals surface area contributed by atoms with Gasteiger partial charge in [-0.25, -0.2) is 0 Å². The number of nitrogens with zero attached hydrogens (tertiary/aromatic N) is 1. The van der Waals surface area contributed by atoms with Gasteiger partial charge in [0, 0.05) is 17.9 Å². The lowest BCUT2D eigenvalue weighted by Crippen LogP contribution is -2.45. The van der Waals surface area contributed by atoms with Crippen LogP contribution >= 0.6 is 0 Å². The summed E-state index contributed by atoms with van der Waals surface area (Å²) in [5.41, 5.74) is 4.95. The first-order valence-corrected chi connectivity index (χ1v) is 6.24. The molecule has 1 aromatic rings. The molecule has 1 aliphatic rings. The van der Waals surface area contributed by atoms with Gasteiger partial charge in [0.2, 0.25) is 0 Å². The Kier molecular flexibility index (Phi) is 3.89. The number of morpholine rings is 1. The Balaban J connectivity index is 2.34. The highest BCUT2D eigenvalue weighted by Crippen LogP contribution is 2.36. The van der Waals surface area contributed by atoms with Crippen molar-refractivity contribution in [2.24, 2.45) is 0 Å². The van der Waals surface area contributed by atoms with Crippen molar-refractivity contribution in [1.82, 2.24) is 0 Å². The van der Waals surface area contributed by atoms with Gasteiger partial charge in [-0.3, -0.25) is 0 Å². The molecule has 1 heterocycles. The molecule has 0 bridgehead atoms. The highest BCUT2D eigenvalue weighted by molar-refractivity contribution is 5.60. The molecule has 0 radical (unpaired) electrons. The molecular formula is C13H17F3N2O. The number of nitrogen functional groups attached to an aromatic ring is 1. The van der Waals surface area contributed by atoms with Gasteiger partial charge in [0.05, 0.1) is 24.8 Å². The summed E-state index contributed by atoms with van der Waals surface area (Å²) in [6.45, 7) is 3.67. The van der Waals surface area contributed by atoms with Gasteiger partial charge in [0.25, 0.3) is 0 Å². The first-order chi connectivity index (χ1) is 8.93. The first-order valence-electron chi connectivity index (χ1n) is 6.24. The Hall–Kier alpha value is -1.43. The fourth-order valence-electron chi connectivity index (χ4n) is 2.30. The largest absolute Gasteiger partial charge is 0.418 e. The number of halogens is 3. The van der Waals surface area contributed by atoms with Crippen molar-refractivity contribution in [1.29, 1.82) is 0 Å². The average Bonchev–Trinajstić information content (AvgIpc) is 2.38. The molecule has 2 rings (SSSR count). The SMILES string of the molecule is CCC1COCCN1c1ccc(N)c(C(F)(F)F)c1. The second-order valence-electron chi connectivity index (χ2n) is 4.60. The molecule has 1 aliphatic heterocycles. The number of hydrogen-bond acceptors (Lipinski definition) is 3. The molecule has 1 saturated heterocycles. The van der Waals surface area contributed by atoms with Crippen molar-refractivity contribution in [3.8, 4) is 0 Å². The number of benzene rings is 1. The third kappa shape index (κ3) is 2.94. The molecule has 3 nitrogen and oxygen atoms in total. The second-order valence-corrected chi connectivity index (χ2v) is 4.60. The topological polar surface area (TPSA) is 38.5 Å². The normalized spacial score (nSPS) is 20.6. The summed E-state index contributed by atoms with van der Waals surface area (Å²) >= 11 is 0. The molecule has 0 saturated carbocycles. The van der Waals surface area contributed by atoms with Gasteiger partial charge in [0.1, 0.15) is 0 Å². The van der Waals surface area contributed by atoms with Crippen molar-refractivity contribution in [3.63, 3.8) is 0 Å². The van der Waals surface area contributed by atoms with Crippen molar-refractivity contribution < 1.29 is 17.9 Å². The van der Waals surface area contributed by atoms with E-state index in [4.69, 9.17) is 10.5 Å². The van der Waals surface area contributed by atoms with Gasteiger partial charge >= 0.3 is 6.18 Å². The summed E-state index contributed by atoms with van der Waals surface area (Å²) in [6.07, 6.45) is -3.60. The minimum Gasteiger partial charge on any atom is -0.398 e. The second kappa shape index (κ2) is 5.28. The fourth-order valence-corrected chi connectivity index (χ4v) is 2.30. The van der Waals surface area contributed by atoms with Gasteiger partial charge in [0.15, 0.2) is 0 Å².